The van der Waals surface area contributed by atoms with E-state index in [9.17, 15) is 9.00 Å². The largest absolute Gasteiger partial charge is 0.340 e. The van der Waals surface area contributed by atoms with E-state index in [2.05, 4.69) is 14.5 Å². The Hall–Kier alpha value is -0.480. The van der Waals surface area contributed by atoms with Crippen molar-refractivity contribution < 1.29 is 17.6 Å². The molecule has 0 aromatic rings. The van der Waals surface area contributed by atoms with Crippen LogP contribution in [0.2, 0.25) is 0 Å². The van der Waals surface area contributed by atoms with E-state index < -0.39 is 11.3 Å². The van der Waals surface area contributed by atoms with Crippen LogP contribution < -0.4 is 9.55 Å². The molecule has 1 amide bonds. The highest BCUT2D eigenvalue weighted by Gasteiger charge is 2.33. The minimum absolute atomic E-state index is 0.193. The minimum Gasteiger partial charge on any atom is -0.293 e. The highest BCUT2D eigenvalue weighted by Crippen LogP contribution is 2.15. The lowest BCUT2D eigenvalue weighted by Gasteiger charge is -2.19. The Labute approximate surface area is 75.5 Å². The van der Waals surface area contributed by atoms with Crippen molar-refractivity contribution in [3.63, 3.8) is 0 Å². The molecular formula is C3H7N4O3S2+. The molecule has 0 aromatic carbocycles. The molecule has 0 saturated carbocycles. The van der Waals surface area contributed by atoms with Gasteiger partial charge in [0.2, 0.25) is 30.1 Å². The summed E-state index contributed by atoms with van der Waals surface area (Å²) in [6.07, 6.45) is 1.95. The van der Waals surface area contributed by atoms with E-state index in [4.69, 9.17) is 4.55 Å². The zero-order valence-corrected chi connectivity index (χ0v) is 7.47. The van der Waals surface area contributed by atoms with E-state index in [0.717, 1.165) is 12.1 Å². The van der Waals surface area contributed by atoms with Gasteiger partial charge in [-0.05, 0) is 0 Å². The second kappa shape index (κ2) is 3.96. The molecule has 1 rings (SSSR count). The Balaban J connectivity index is 2.46. The third-order valence-electron chi connectivity index (χ3n) is 1.10. The number of aliphatic imine (C=N–C) groups is 1. The Bertz CT molecular complexity index is 224. The molecule has 1 heterocycles. The van der Waals surface area contributed by atoms with E-state index in [0.29, 0.717) is 6.41 Å². The van der Waals surface area contributed by atoms with Crippen molar-refractivity contribution >= 4 is 36.1 Å². The fourth-order valence-electron chi connectivity index (χ4n) is 0.580. The van der Waals surface area contributed by atoms with E-state index in [-0.39, 0.29) is 10.7 Å². The van der Waals surface area contributed by atoms with Gasteiger partial charge in [-0.1, -0.05) is 4.00 Å². The van der Waals surface area contributed by atoms with Gasteiger partial charge in [0.05, 0.1) is 0 Å². The van der Waals surface area contributed by atoms with Crippen LogP contribution in [0.25, 0.3) is 0 Å². The first-order chi connectivity index (χ1) is 5.68. The molecule has 0 aliphatic carbocycles. The van der Waals surface area contributed by atoms with Crippen molar-refractivity contribution in [2.24, 2.45) is 4.99 Å². The highest BCUT2D eigenvalue weighted by molar-refractivity contribution is 8.02. The highest BCUT2D eigenvalue weighted by atomic mass is 32.3. The van der Waals surface area contributed by atoms with Gasteiger partial charge in [-0.25, -0.2) is 19.4 Å². The number of amides is 1. The van der Waals surface area contributed by atoms with E-state index in [1.807, 2.05) is 0 Å². The number of hydrogen-bond acceptors (Lipinski definition) is 5. The van der Waals surface area contributed by atoms with Gasteiger partial charge in [0, 0.05) is 0 Å². The average molecular weight is 211 g/mol. The number of carbonyl (C=O) groups is 1. The molecule has 1 aliphatic heterocycles. The van der Waals surface area contributed by atoms with Crippen LogP contribution in [-0.2, 0) is 16.1 Å². The van der Waals surface area contributed by atoms with E-state index in [1.165, 1.54) is 6.34 Å². The predicted molar refractivity (Wildman–Crippen MR) is 44.3 cm³/mol. The van der Waals surface area contributed by atoms with E-state index in [1.54, 1.807) is 0 Å². The maximum Gasteiger partial charge on any atom is 0.340 e. The Morgan fingerprint density at radius 3 is 3.08 bits per heavy atom. The van der Waals surface area contributed by atoms with Crippen LogP contribution in [0.4, 0.5) is 0 Å². The van der Waals surface area contributed by atoms with Crippen LogP contribution in [-0.4, -0.2) is 32.2 Å². The van der Waals surface area contributed by atoms with Crippen molar-refractivity contribution in [1.82, 2.24) is 9.55 Å². The molecule has 3 N–H and O–H groups in total. The molecule has 9 heteroatoms. The quantitative estimate of drug-likeness (QED) is 0.234. The summed E-state index contributed by atoms with van der Waals surface area (Å²) in [5.74, 6) is 0. The van der Waals surface area contributed by atoms with Gasteiger partial charge in [0.1, 0.15) is 6.34 Å². The van der Waals surface area contributed by atoms with Crippen molar-refractivity contribution in [2.75, 3.05) is 6.67 Å². The number of hydrogen-bond donors (Lipinski definition) is 3. The zero-order chi connectivity index (χ0) is 9.03. The standard InChI is InChI=1S/C3H6N4O3S2/c8-3-7(2-4-1-5-7)11-6-12(9)10/h1,3,6H,2H2,(H-,4,5,9,10)/p+1. The molecule has 7 nitrogen and oxygen atoms in total. The first kappa shape index (κ1) is 9.61. The lowest BCUT2D eigenvalue weighted by atomic mass is 11.0. The SMILES string of the molecule is O=C[N+]1(SNS(=O)O)CN=CN1. The Kier molecular flexibility index (Phi) is 3.17. The van der Waals surface area contributed by atoms with Crippen molar-refractivity contribution in [1.29, 1.82) is 0 Å². The summed E-state index contributed by atoms with van der Waals surface area (Å²) in [4.78, 5) is 14.3. The van der Waals surface area contributed by atoms with Gasteiger partial charge in [-0.3, -0.25) is 4.55 Å². The van der Waals surface area contributed by atoms with Gasteiger partial charge in [-0.2, -0.15) is 0 Å². The van der Waals surface area contributed by atoms with Crippen LogP contribution in [0.3, 0.4) is 0 Å². The van der Waals surface area contributed by atoms with Gasteiger partial charge < -0.3 is 0 Å². The molecule has 0 radical (unpaired) electrons. The van der Waals surface area contributed by atoms with Crippen molar-refractivity contribution in [2.45, 2.75) is 0 Å². The molecule has 0 aromatic heterocycles. The van der Waals surface area contributed by atoms with E-state index >= 15 is 0 Å². The molecular weight excluding hydrogens is 204 g/mol. The summed E-state index contributed by atoms with van der Waals surface area (Å²) >= 11 is -1.37. The molecule has 2 unspecified atom stereocenters. The summed E-state index contributed by atoms with van der Waals surface area (Å²) in [6.45, 7) is 0.193. The van der Waals surface area contributed by atoms with Crippen LogP contribution in [0.5, 0.6) is 0 Å². The normalized spacial score (nSPS) is 29.8. The topological polar surface area (TPSA) is 90.8 Å². The first-order valence-electron chi connectivity index (χ1n) is 2.84. The lowest BCUT2D eigenvalue weighted by Crippen LogP contribution is -2.49. The van der Waals surface area contributed by atoms with Crippen molar-refractivity contribution in [3.8, 4) is 0 Å². The second-order valence-electron chi connectivity index (χ2n) is 1.91. The lowest BCUT2D eigenvalue weighted by molar-refractivity contribution is -0.735. The molecule has 12 heavy (non-hydrogen) atoms. The maximum absolute atomic E-state index is 10.5. The first-order valence-corrected chi connectivity index (χ1v) is 4.72. The third kappa shape index (κ3) is 2.25. The summed E-state index contributed by atoms with van der Waals surface area (Å²) in [7, 11) is 0. The number of carbonyl (C=O) groups excluding carboxylic acids is 1. The second-order valence-corrected chi connectivity index (χ2v) is 3.91. The predicted octanol–water partition coefficient (Wildman–Crippen LogP) is -1.25. The summed E-state index contributed by atoms with van der Waals surface area (Å²) in [5.41, 5.74) is 2.61. The molecule has 0 saturated heterocycles. The fourth-order valence-corrected chi connectivity index (χ4v) is 1.63. The molecule has 2 atom stereocenters. The fraction of sp³-hybridized carbons (Fsp3) is 0.333. The minimum atomic E-state index is -2.15. The monoisotopic (exact) mass is 211 g/mol. The van der Waals surface area contributed by atoms with Crippen LogP contribution in [0.15, 0.2) is 4.99 Å². The van der Waals surface area contributed by atoms with Crippen LogP contribution in [0, 0.1) is 0 Å². The van der Waals surface area contributed by atoms with Gasteiger partial charge >= 0.3 is 6.41 Å². The molecule has 0 bridgehead atoms. The number of quaternary nitrogens is 1. The Morgan fingerprint density at radius 2 is 2.67 bits per heavy atom. The summed E-state index contributed by atoms with van der Waals surface area (Å²) in [5, 5.41) is 0. The van der Waals surface area contributed by atoms with Crippen LogP contribution >= 0.6 is 12.1 Å². The van der Waals surface area contributed by atoms with Crippen molar-refractivity contribution in [3.05, 3.63) is 0 Å². The number of rotatable bonds is 4. The summed E-state index contributed by atoms with van der Waals surface area (Å²) in [6, 6.07) is 0. The molecule has 0 fully saturated rings. The van der Waals surface area contributed by atoms with Gasteiger partial charge in [0.15, 0.2) is 0 Å². The maximum atomic E-state index is 10.5. The number of nitrogens with one attached hydrogen (secondary N) is 2. The third-order valence-corrected chi connectivity index (χ3v) is 2.60. The average Bonchev–Trinajstić information content (AvgIpc) is 2.50. The molecule has 68 valence electrons. The summed E-state index contributed by atoms with van der Waals surface area (Å²) < 4.78 is 20.4. The van der Waals surface area contributed by atoms with Gasteiger partial charge in [-0.15, -0.1) is 4.13 Å². The van der Waals surface area contributed by atoms with Crippen LogP contribution in [0.1, 0.15) is 0 Å². The molecule has 0 spiro atoms. The number of nitrogens with zero attached hydrogens (tertiary/aromatic N) is 2. The zero-order valence-electron chi connectivity index (χ0n) is 5.84. The van der Waals surface area contributed by atoms with Gasteiger partial charge in [0.25, 0.3) is 0 Å². The molecule has 1 aliphatic rings. The Morgan fingerprint density at radius 1 is 1.92 bits per heavy atom. The smallest absolute Gasteiger partial charge is 0.293 e.